The van der Waals surface area contributed by atoms with Crippen LogP contribution in [-0.4, -0.2) is 32.6 Å². The van der Waals surface area contributed by atoms with Crippen molar-refractivity contribution >= 4 is 5.91 Å². The predicted octanol–water partition coefficient (Wildman–Crippen LogP) is 2.04. The Balaban J connectivity index is 2.18. The number of fused-ring (bicyclic) bond motifs is 1. The van der Waals surface area contributed by atoms with Gasteiger partial charge in [0.1, 0.15) is 6.04 Å². The van der Waals surface area contributed by atoms with E-state index in [0.29, 0.717) is 0 Å². The van der Waals surface area contributed by atoms with E-state index in [-0.39, 0.29) is 18.0 Å². The highest BCUT2D eigenvalue weighted by atomic mass is 16.2. The Morgan fingerprint density at radius 3 is 2.42 bits per heavy atom. The monoisotopic (exact) mass is 256 g/mol. The van der Waals surface area contributed by atoms with Crippen LogP contribution in [0.4, 0.5) is 0 Å². The molecule has 5 nitrogen and oxygen atoms in total. The first-order chi connectivity index (χ1) is 9.11. The van der Waals surface area contributed by atoms with Gasteiger partial charge < -0.3 is 4.90 Å². The number of nitrogens with zero attached hydrogens (tertiary/aromatic N) is 4. The summed E-state index contributed by atoms with van der Waals surface area (Å²) in [4.78, 5) is 14.0. The second-order valence-electron chi connectivity index (χ2n) is 4.92. The fraction of sp³-hybridized carbons (Fsp3) is 0.357. The van der Waals surface area contributed by atoms with Gasteiger partial charge in [0.15, 0.2) is 11.6 Å². The van der Waals surface area contributed by atoms with Gasteiger partial charge in [0.05, 0.1) is 6.04 Å². The molecule has 1 amide bonds. The van der Waals surface area contributed by atoms with Gasteiger partial charge in [-0.1, -0.05) is 30.3 Å². The van der Waals surface area contributed by atoms with Crippen molar-refractivity contribution in [2.75, 3.05) is 7.05 Å². The molecule has 0 saturated heterocycles. The molecule has 19 heavy (non-hydrogen) atoms. The third-order valence-corrected chi connectivity index (χ3v) is 3.80. The molecular formula is C14H16N4O. The van der Waals surface area contributed by atoms with E-state index in [4.69, 9.17) is 0 Å². The summed E-state index contributed by atoms with van der Waals surface area (Å²) in [6.45, 7) is 3.86. The van der Waals surface area contributed by atoms with Crippen LogP contribution in [0.5, 0.6) is 0 Å². The van der Waals surface area contributed by atoms with E-state index in [1.165, 1.54) is 0 Å². The Bertz CT molecular complexity index is 620. The number of rotatable bonds is 1. The zero-order chi connectivity index (χ0) is 13.6. The minimum absolute atomic E-state index is 0.0475. The quantitative estimate of drug-likeness (QED) is 0.784. The van der Waals surface area contributed by atoms with Gasteiger partial charge in [0.2, 0.25) is 5.91 Å². The molecule has 2 heterocycles. The van der Waals surface area contributed by atoms with Crippen molar-refractivity contribution in [1.82, 2.24) is 19.7 Å². The average Bonchev–Trinajstić information content (AvgIpc) is 2.88. The minimum Gasteiger partial charge on any atom is -0.334 e. The summed E-state index contributed by atoms with van der Waals surface area (Å²) in [6.07, 6.45) is 0. The van der Waals surface area contributed by atoms with E-state index in [0.717, 1.165) is 17.2 Å². The first-order valence-corrected chi connectivity index (χ1v) is 6.38. The number of aromatic nitrogens is 3. The summed E-state index contributed by atoms with van der Waals surface area (Å²) in [5, 5.41) is 8.54. The molecule has 2 aromatic rings. The molecule has 0 spiro atoms. The molecule has 3 rings (SSSR count). The van der Waals surface area contributed by atoms with Crippen LogP contribution < -0.4 is 0 Å². The molecule has 0 unspecified atom stereocenters. The number of hydrogen-bond acceptors (Lipinski definition) is 3. The van der Waals surface area contributed by atoms with Gasteiger partial charge in [0, 0.05) is 12.6 Å². The molecule has 2 atom stereocenters. The maximum absolute atomic E-state index is 12.2. The normalized spacial score (nSPS) is 22.5. The van der Waals surface area contributed by atoms with Crippen LogP contribution in [0, 0.1) is 0 Å². The standard InChI is InChI=1S/C14H16N4O/c1-9-12-15-16-13(11-7-5-4-6-8-11)18(12)10(2)14(19)17(9)3/h4-10H,1-3H3/t9-,10-/m0/s1. The Labute approximate surface area is 111 Å². The lowest BCUT2D eigenvalue weighted by Gasteiger charge is -2.34. The van der Waals surface area contributed by atoms with Crippen molar-refractivity contribution in [1.29, 1.82) is 0 Å². The Morgan fingerprint density at radius 1 is 1.05 bits per heavy atom. The van der Waals surface area contributed by atoms with Gasteiger partial charge in [-0.2, -0.15) is 0 Å². The molecule has 0 bridgehead atoms. The second-order valence-corrected chi connectivity index (χ2v) is 4.92. The van der Waals surface area contributed by atoms with Crippen molar-refractivity contribution in [2.24, 2.45) is 0 Å². The largest absolute Gasteiger partial charge is 0.334 e. The maximum Gasteiger partial charge on any atom is 0.245 e. The van der Waals surface area contributed by atoms with E-state index in [1.807, 2.05) is 55.8 Å². The second kappa shape index (κ2) is 4.19. The van der Waals surface area contributed by atoms with Crippen molar-refractivity contribution in [2.45, 2.75) is 25.9 Å². The van der Waals surface area contributed by atoms with Crippen molar-refractivity contribution in [3.63, 3.8) is 0 Å². The predicted molar refractivity (Wildman–Crippen MR) is 71.4 cm³/mol. The molecular weight excluding hydrogens is 240 g/mol. The average molecular weight is 256 g/mol. The third-order valence-electron chi connectivity index (χ3n) is 3.80. The summed E-state index contributed by atoms with van der Waals surface area (Å²) in [5.41, 5.74) is 0.984. The SMILES string of the molecule is C[C@H]1c2nnc(-c3ccccc3)n2[C@@H](C)C(=O)N1C. The number of benzene rings is 1. The number of carbonyl (C=O) groups is 1. The Morgan fingerprint density at radius 2 is 1.74 bits per heavy atom. The lowest BCUT2D eigenvalue weighted by atomic mass is 10.1. The number of carbonyl (C=O) groups excluding carboxylic acids is 1. The molecule has 0 radical (unpaired) electrons. The van der Waals surface area contributed by atoms with Crippen LogP contribution >= 0.6 is 0 Å². The molecule has 98 valence electrons. The van der Waals surface area contributed by atoms with E-state index < -0.39 is 0 Å². The van der Waals surface area contributed by atoms with Crippen LogP contribution in [0.15, 0.2) is 30.3 Å². The van der Waals surface area contributed by atoms with E-state index in [1.54, 1.807) is 4.90 Å². The minimum atomic E-state index is -0.263. The van der Waals surface area contributed by atoms with Crippen molar-refractivity contribution < 1.29 is 4.79 Å². The molecule has 0 N–H and O–H groups in total. The van der Waals surface area contributed by atoms with Crippen LogP contribution in [0.1, 0.15) is 31.8 Å². The molecule has 1 aromatic heterocycles. The highest BCUT2D eigenvalue weighted by Gasteiger charge is 2.36. The lowest BCUT2D eigenvalue weighted by molar-refractivity contribution is -0.137. The molecule has 0 aliphatic carbocycles. The summed E-state index contributed by atoms with van der Waals surface area (Å²) in [6, 6.07) is 9.54. The van der Waals surface area contributed by atoms with E-state index in [9.17, 15) is 4.79 Å². The zero-order valence-corrected chi connectivity index (χ0v) is 11.2. The lowest BCUT2D eigenvalue weighted by Crippen LogP contribution is -2.41. The number of amides is 1. The summed E-state index contributed by atoms with van der Waals surface area (Å²) in [5.74, 6) is 1.70. The molecule has 0 fully saturated rings. The molecule has 0 saturated carbocycles. The van der Waals surface area contributed by atoms with E-state index >= 15 is 0 Å². The molecule has 1 aliphatic rings. The number of likely N-dealkylation sites (N-methyl/N-ethyl adjacent to an activating group) is 1. The van der Waals surface area contributed by atoms with Crippen molar-refractivity contribution in [3.8, 4) is 11.4 Å². The van der Waals surface area contributed by atoms with Crippen LogP contribution in [0.25, 0.3) is 11.4 Å². The molecule has 5 heteroatoms. The fourth-order valence-corrected chi connectivity index (χ4v) is 2.52. The third kappa shape index (κ3) is 1.65. The Hall–Kier alpha value is -2.17. The van der Waals surface area contributed by atoms with E-state index in [2.05, 4.69) is 10.2 Å². The molecule has 1 aromatic carbocycles. The van der Waals surface area contributed by atoms with Crippen LogP contribution in [0.2, 0.25) is 0 Å². The zero-order valence-electron chi connectivity index (χ0n) is 11.2. The fourth-order valence-electron chi connectivity index (χ4n) is 2.52. The first-order valence-electron chi connectivity index (χ1n) is 6.38. The summed E-state index contributed by atoms with van der Waals surface area (Å²) in [7, 11) is 1.81. The highest BCUT2D eigenvalue weighted by Crippen LogP contribution is 2.32. The maximum atomic E-state index is 12.2. The topological polar surface area (TPSA) is 51.0 Å². The molecule has 1 aliphatic heterocycles. The Kier molecular flexibility index (Phi) is 2.62. The van der Waals surface area contributed by atoms with Crippen molar-refractivity contribution in [3.05, 3.63) is 36.2 Å². The first kappa shape index (κ1) is 11.9. The van der Waals surface area contributed by atoms with Gasteiger partial charge in [-0.05, 0) is 13.8 Å². The van der Waals surface area contributed by atoms with Crippen LogP contribution in [-0.2, 0) is 4.79 Å². The number of hydrogen-bond donors (Lipinski definition) is 0. The van der Waals surface area contributed by atoms with Gasteiger partial charge in [-0.15, -0.1) is 10.2 Å². The van der Waals surface area contributed by atoms with Gasteiger partial charge >= 0.3 is 0 Å². The van der Waals surface area contributed by atoms with Gasteiger partial charge in [0.25, 0.3) is 0 Å². The smallest absolute Gasteiger partial charge is 0.245 e. The summed E-state index contributed by atoms with van der Waals surface area (Å²) < 4.78 is 1.95. The highest BCUT2D eigenvalue weighted by molar-refractivity contribution is 5.82. The summed E-state index contributed by atoms with van der Waals surface area (Å²) >= 11 is 0. The van der Waals surface area contributed by atoms with Gasteiger partial charge in [-0.3, -0.25) is 9.36 Å². The van der Waals surface area contributed by atoms with Crippen LogP contribution in [0.3, 0.4) is 0 Å². The van der Waals surface area contributed by atoms with Gasteiger partial charge in [-0.25, -0.2) is 0 Å².